The van der Waals surface area contributed by atoms with Crippen LogP contribution < -0.4 is 10.7 Å². The number of rotatable bonds is 9. The summed E-state index contributed by atoms with van der Waals surface area (Å²) in [5, 5.41) is 16.1. The zero-order valence-corrected chi connectivity index (χ0v) is 39.6. The van der Waals surface area contributed by atoms with Gasteiger partial charge in [0.05, 0.1) is 30.0 Å². The number of carbonyl (C=O) groups excluding carboxylic acids is 6. The second-order valence-corrected chi connectivity index (χ2v) is 19.5. The summed E-state index contributed by atoms with van der Waals surface area (Å²) in [6, 6.07) is 7.82. The lowest BCUT2D eigenvalue weighted by atomic mass is 9.84. The first-order valence-corrected chi connectivity index (χ1v) is 23.0. The SMILES string of the molecule is C=CC(=O)N1CC[C@H](C(=O)N(C)[C@H](C(=O)N[C@H]2CCC(=O)N(C)Cc3ccc4c(c3)c(c(-c3cccnc3[C@H](C)O)n4CC)CC(C)(C)COC(=O)[C@@]3(C)CCCN(N3)C2=O)C(C)C)C1. The molecule has 352 valence electrons. The van der Waals surface area contributed by atoms with Gasteiger partial charge >= 0.3 is 5.97 Å². The van der Waals surface area contributed by atoms with E-state index in [-0.39, 0.29) is 62.7 Å². The molecule has 3 aromatic rings. The second kappa shape index (κ2) is 19.9. The Balaban J connectivity index is 1.34. The van der Waals surface area contributed by atoms with Crippen LogP contribution in [0.5, 0.6) is 0 Å². The number of aromatic nitrogens is 2. The number of hydrogen-bond donors (Lipinski definition) is 3. The van der Waals surface area contributed by atoms with Gasteiger partial charge in [-0.15, -0.1) is 0 Å². The summed E-state index contributed by atoms with van der Waals surface area (Å²) >= 11 is 0. The van der Waals surface area contributed by atoms with E-state index in [0.717, 1.165) is 33.3 Å². The molecule has 0 spiro atoms. The average molecular weight is 897 g/mol. The summed E-state index contributed by atoms with van der Waals surface area (Å²) in [7, 11) is 3.27. The molecule has 5 atom stereocenters. The van der Waals surface area contributed by atoms with Gasteiger partial charge in [0.15, 0.2) is 0 Å². The topological polar surface area (TPSA) is 187 Å². The number of carbonyl (C=O) groups is 6. The number of nitrogens with zero attached hydrogens (tertiary/aromatic N) is 6. The van der Waals surface area contributed by atoms with Crippen LogP contribution in [-0.4, -0.2) is 128 Å². The number of ether oxygens (including phenoxy) is 1. The van der Waals surface area contributed by atoms with Gasteiger partial charge in [0.25, 0.3) is 5.91 Å². The van der Waals surface area contributed by atoms with Crippen LogP contribution in [0.15, 0.2) is 49.2 Å². The number of hydrogen-bond acceptors (Lipinski definition) is 10. The zero-order valence-electron chi connectivity index (χ0n) is 39.6. The minimum Gasteiger partial charge on any atom is -0.464 e. The number of nitrogens with one attached hydrogen (secondary N) is 2. The largest absolute Gasteiger partial charge is 0.464 e. The normalized spacial score (nSPS) is 23.1. The minimum absolute atomic E-state index is 0.0480. The van der Waals surface area contributed by atoms with Gasteiger partial charge in [0.2, 0.25) is 23.6 Å². The summed E-state index contributed by atoms with van der Waals surface area (Å²) < 4.78 is 8.37. The Labute approximate surface area is 382 Å². The van der Waals surface area contributed by atoms with E-state index >= 15 is 0 Å². The van der Waals surface area contributed by atoms with Crippen LogP contribution in [0.1, 0.15) is 103 Å². The number of aryl methyl sites for hydroxylation is 1. The number of pyridine rings is 1. The number of cyclic esters (lactones) is 1. The molecule has 65 heavy (non-hydrogen) atoms. The Bertz CT molecular complexity index is 2320. The lowest BCUT2D eigenvalue weighted by Crippen LogP contribution is -2.66. The van der Waals surface area contributed by atoms with Crippen LogP contribution in [0.25, 0.3) is 22.2 Å². The van der Waals surface area contributed by atoms with Crippen LogP contribution in [-0.2, 0) is 53.0 Å². The van der Waals surface area contributed by atoms with Crippen LogP contribution in [0.2, 0.25) is 0 Å². The number of esters is 1. The fourth-order valence-electron chi connectivity index (χ4n) is 9.76. The molecule has 2 saturated heterocycles. The highest BCUT2D eigenvalue weighted by molar-refractivity contribution is 5.95. The first kappa shape index (κ1) is 48.8. The van der Waals surface area contributed by atoms with Crippen molar-refractivity contribution >= 4 is 46.4 Å². The quantitative estimate of drug-likeness (QED) is 0.204. The number of likely N-dealkylation sites (N-methyl/N-ethyl adjacent to an activating group) is 1. The lowest BCUT2D eigenvalue weighted by Gasteiger charge is -2.41. The number of likely N-dealkylation sites (tertiary alicyclic amines) is 1. The maximum atomic E-state index is 14.6. The van der Waals surface area contributed by atoms with E-state index in [4.69, 9.17) is 4.74 Å². The minimum atomic E-state index is -1.28. The first-order valence-electron chi connectivity index (χ1n) is 23.0. The number of amides is 5. The van der Waals surface area contributed by atoms with Crippen molar-refractivity contribution in [1.82, 2.24) is 40.0 Å². The third-order valence-corrected chi connectivity index (χ3v) is 13.2. The number of aliphatic hydroxyl groups is 1. The standard InChI is InChI=1S/C49H68N8O8/c1-11-39(59)55-24-20-33(28-55)45(62)54(10)42(30(3)4)44(61)51-37-17-19-40(60)53(9)27-32-16-18-38-35(25-32)36(43(56(38)12-2)34-15-13-22-50-41(34)31(5)58)26-48(6,7)29-65-47(64)49(8)21-14-23-57(52-49)46(37)63/h11,13,15-16,18,22,25,30-31,33,37,42,52,58H,1,12,14,17,19-21,23-24,26-29H2,2-10H3,(H,51,61)/t31-,33-,37-,42-,49+/m0/s1. The summed E-state index contributed by atoms with van der Waals surface area (Å²) in [6.45, 7) is 18.6. The highest BCUT2D eigenvalue weighted by Gasteiger charge is 2.44. The van der Waals surface area contributed by atoms with E-state index in [9.17, 15) is 33.9 Å². The number of aliphatic hydroxyl groups excluding tert-OH is 1. The van der Waals surface area contributed by atoms with Crippen molar-refractivity contribution in [2.75, 3.05) is 40.3 Å². The van der Waals surface area contributed by atoms with Crippen molar-refractivity contribution in [3.63, 3.8) is 0 Å². The molecular formula is C49H68N8O8. The maximum absolute atomic E-state index is 14.6. The van der Waals surface area contributed by atoms with Gasteiger partial charge in [-0.25, -0.2) is 10.2 Å². The number of fused-ring (bicyclic) bond motifs is 3. The predicted molar refractivity (Wildman–Crippen MR) is 246 cm³/mol. The van der Waals surface area contributed by atoms with E-state index < -0.39 is 52.8 Å². The molecule has 3 aliphatic rings. The number of hydrazine groups is 1. The van der Waals surface area contributed by atoms with Crippen molar-refractivity contribution < 1.29 is 38.6 Å². The Kier molecular flexibility index (Phi) is 14.9. The molecule has 0 aliphatic carbocycles. The van der Waals surface area contributed by atoms with Gasteiger partial charge < -0.3 is 34.4 Å². The molecule has 16 heteroatoms. The third kappa shape index (κ3) is 10.4. The van der Waals surface area contributed by atoms with Gasteiger partial charge in [-0.1, -0.05) is 40.3 Å². The Morgan fingerprint density at radius 1 is 1.11 bits per heavy atom. The summed E-state index contributed by atoms with van der Waals surface area (Å²) in [6.07, 6.45) is 3.72. The molecular weight excluding hydrogens is 829 g/mol. The highest BCUT2D eigenvalue weighted by atomic mass is 16.5. The van der Waals surface area contributed by atoms with E-state index in [0.29, 0.717) is 44.5 Å². The molecule has 3 aliphatic heterocycles. The van der Waals surface area contributed by atoms with Crippen LogP contribution in [0.3, 0.4) is 0 Å². The van der Waals surface area contributed by atoms with Crippen molar-refractivity contribution in [3.05, 3.63) is 66.0 Å². The molecule has 16 nitrogen and oxygen atoms in total. The third-order valence-electron chi connectivity index (χ3n) is 13.2. The van der Waals surface area contributed by atoms with Crippen molar-refractivity contribution in [3.8, 4) is 11.3 Å². The van der Waals surface area contributed by atoms with Gasteiger partial charge in [-0.05, 0) is 100 Å². The molecule has 0 radical (unpaired) electrons. The summed E-state index contributed by atoms with van der Waals surface area (Å²) in [5.41, 5.74) is 6.41. The number of benzene rings is 1. The predicted octanol–water partition coefficient (Wildman–Crippen LogP) is 4.53. The van der Waals surface area contributed by atoms with Crippen molar-refractivity contribution in [1.29, 1.82) is 0 Å². The van der Waals surface area contributed by atoms with Crippen LogP contribution in [0.4, 0.5) is 0 Å². The molecule has 1 aromatic carbocycles. The van der Waals surface area contributed by atoms with Gasteiger partial charge in [-0.3, -0.25) is 34.0 Å². The molecule has 2 fully saturated rings. The monoisotopic (exact) mass is 897 g/mol. The smallest absolute Gasteiger partial charge is 0.327 e. The summed E-state index contributed by atoms with van der Waals surface area (Å²) in [4.78, 5) is 92.3. The van der Waals surface area contributed by atoms with Crippen molar-refractivity contribution in [2.24, 2.45) is 17.3 Å². The van der Waals surface area contributed by atoms with E-state index in [2.05, 4.69) is 45.9 Å². The molecule has 5 amide bonds. The molecule has 0 saturated carbocycles. The molecule has 5 heterocycles. The van der Waals surface area contributed by atoms with Gasteiger partial charge in [0.1, 0.15) is 17.6 Å². The van der Waals surface area contributed by atoms with Gasteiger partial charge in [0, 0.05) is 81.3 Å². The summed E-state index contributed by atoms with van der Waals surface area (Å²) in [5.74, 6) is -3.25. The van der Waals surface area contributed by atoms with Crippen LogP contribution in [0, 0.1) is 17.3 Å². The maximum Gasteiger partial charge on any atom is 0.327 e. The fourth-order valence-corrected chi connectivity index (χ4v) is 9.76. The fraction of sp³-hybridized carbons (Fsp3) is 0.571. The second-order valence-electron chi connectivity index (χ2n) is 19.5. The molecule has 6 rings (SSSR count). The zero-order chi connectivity index (χ0) is 47.5. The van der Waals surface area contributed by atoms with Gasteiger partial charge in [-0.2, -0.15) is 0 Å². The molecule has 3 N–H and O–H groups in total. The molecule has 4 bridgehead atoms. The Morgan fingerprint density at radius 3 is 2.52 bits per heavy atom. The van der Waals surface area contributed by atoms with Crippen molar-refractivity contribution in [2.45, 2.75) is 124 Å². The first-order chi connectivity index (χ1) is 30.7. The van der Waals surface area contributed by atoms with E-state index in [1.807, 2.05) is 45.9 Å². The Morgan fingerprint density at radius 2 is 1.85 bits per heavy atom. The lowest BCUT2D eigenvalue weighted by molar-refractivity contribution is -0.162. The molecule has 0 unspecified atom stereocenters. The average Bonchev–Trinajstić information content (AvgIpc) is 3.88. The Hall–Kier alpha value is -5.61. The molecule has 2 aromatic heterocycles. The highest BCUT2D eigenvalue weighted by Crippen LogP contribution is 2.41. The van der Waals surface area contributed by atoms with E-state index in [1.54, 1.807) is 43.9 Å². The van der Waals surface area contributed by atoms with Crippen LogP contribution >= 0.6 is 0 Å². The van der Waals surface area contributed by atoms with E-state index in [1.165, 1.54) is 16.0 Å².